The fourth-order valence-corrected chi connectivity index (χ4v) is 0. The molecule has 6 heteroatoms. The van der Waals surface area contributed by atoms with E-state index >= 15 is 0 Å². The lowest BCUT2D eigenvalue weighted by Gasteiger charge is -2.27. The Hall–Kier alpha value is -0.950. The molecule has 0 saturated carbocycles. The summed E-state index contributed by atoms with van der Waals surface area (Å²) in [6.45, 7) is 4.72. The third kappa shape index (κ3) is 8.96. The van der Waals surface area contributed by atoms with Crippen LogP contribution in [0.2, 0.25) is 0 Å². The smallest absolute Gasteiger partial charge is 0.327 e. The van der Waals surface area contributed by atoms with Gasteiger partial charge < -0.3 is 25.5 Å². The van der Waals surface area contributed by atoms with Crippen molar-refractivity contribution >= 4 is 5.97 Å². The number of aliphatic carboxylic acids is 1. The summed E-state index contributed by atoms with van der Waals surface area (Å²) in [4.78, 5) is 9.25. The normalized spacial score (nSPS) is 11.2. The minimum Gasteiger partial charge on any atom is -0.478 e. The van der Waals surface area contributed by atoms with Crippen molar-refractivity contribution in [3.63, 3.8) is 0 Å². The first-order valence-electron chi connectivity index (χ1n) is 3.27. The van der Waals surface area contributed by atoms with E-state index < -0.39 is 17.5 Å². The largest absolute Gasteiger partial charge is 0.478 e. The lowest BCUT2D eigenvalue weighted by atomic mass is 10.1. The molecule has 0 aromatic rings. The molecule has 78 valence electrons. The number of carboxylic acids is 1. The van der Waals surface area contributed by atoms with Crippen LogP contribution in [0.1, 0.15) is 13.8 Å². The second kappa shape index (κ2) is 4.93. The molecule has 0 bridgehead atoms. The van der Waals surface area contributed by atoms with E-state index in [0.29, 0.717) is 0 Å². The van der Waals surface area contributed by atoms with Crippen molar-refractivity contribution in [2.45, 2.75) is 25.4 Å². The van der Waals surface area contributed by atoms with Crippen LogP contribution in [0.4, 0.5) is 0 Å². The Kier molecular flexibility index (Phi) is 5.52. The maximum absolute atomic E-state index is 9.25. The molecular formula is C7H14O6. The second-order valence-corrected chi connectivity index (χ2v) is 2.58. The first-order chi connectivity index (χ1) is 5.52. The molecule has 0 fully saturated rings. The zero-order chi connectivity index (χ0) is 11.3. The third-order valence-corrected chi connectivity index (χ3v) is 1.07. The summed E-state index contributed by atoms with van der Waals surface area (Å²) in [5, 5.41) is 41.2. The highest BCUT2D eigenvalue weighted by Crippen LogP contribution is 2.13. The van der Waals surface area contributed by atoms with Gasteiger partial charge in [0.1, 0.15) is 0 Å². The van der Waals surface area contributed by atoms with Crippen molar-refractivity contribution < 1.29 is 30.3 Å². The van der Waals surface area contributed by atoms with Gasteiger partial charge in [-0.3, -0.25) is 0 Å². The molecule has 0 rings (SSSR count). The predicted octanol–water partition coefficient (Wildman–Crippen LogP) is -1.35. The zero-order valence-corrected chi connectivity index (χ0v) is 7.43. The molecule has 0 atom stereocenters. The van der Waals surface area contributed by atoms with E-state index in [1.807, 2.05) is 0 Å². The van der Waals surface area contributed by atoms with Crippen molar-refractivity contribution in [3.05, 3.63) is 12.7 Å². The van der Waals surface area contributed by atoms with Gasteiger partial charge in [0.25, 0.3) is 0 Å². The first-order valence-corrected chi connectivity index (χ1v) is 3.27. The van der Waals surface area contributed by atoms with Gasteiger partial charge in [-0.25, -0.2) is 4.79 Å². The molecule has 0 aliphatic rings. The summed E-state index contributed by atoms with van der Waals surface area (Å²) in [6.07, 6.45) is 0.833. The zero-order valence-electron chi connectivity index (χ0n) is 7.43. The van der Waals surface area contributed by atoms with E-state index in [1.54, 1.807) is 0 Å². The van der Waals surface area contributed by atoms with Crippen LogP contribution < -0.4 is 0 Å². The van der Waals surface area contributed by atoms with Crippen molar-refractivity contribution in [1.82, 2.24) is 0 Å². The summed E-state index contributed by atoms with van der Waals surface area (Å²) < 4.78 is 0. The number of hydrogen-bond donors (Lipinski definition) is 5. The molecule has 0 aromatic carbocycles. The van der Waals surface area contributed by atoms with Gasteiger partial charge in [0.2, 0.25) is 11.6 Å². The number of aliphatic hydroxyl groups is 4. The third-order valence-electron chi connectivity index (χ3n) is 1.07. The maximum atomic E-state index is 9.25. The standard InChI is InChI=1S/C4H10O4.C3H4O2/c1-3(5,6)4(2,7)8;1-2-3(4)5/h5-8H,1-2H3;2H,1H2,(H,4,5). The molecule has 0 heterocycles. The molecule has 0 radical (unpaired) electrons. The van der Waals surface area contributed by atoms with Crippen LogP contribution >= 0.6 is 0 Å². The van der Waals surface area contributed by atoms with Crippen LogP contribution in [0.15, 0.2) is 12.7 Å². The van der Waals surface area contributed by atoms with Gasteiger partial charge in [-0.15, -0.1) is 0 Å². The Balaban J connectivity index is 0. The van der Waals surface area contributed by atoms with Crippen LogP contribution in [0.3, 0.4) is 0 Å². The SMILES string of the molecule is C=CC(=O)O.CC(O)(O)C(C)(O)O. The number of carboxylic acid groups (broad SMARTS) is 1. The van der Waals surface area contributed by atoms with Crippen molar-refractivity contribution in [2.75, 3.05) is 0 Å². The first kappa shape index (κ1) is 14.6. The van der Waals surface area contributed by atoms with Crippen molar-refractivity contribution in [1.29, 1.82) is 0 Å². The van der Waals surface area contributed by atoms with Crippen LogP contribution in [-0.4, -0.2) is 43.1 Å². The number of rotatable bonds is 2. The number of hydrogen-bond acceptors (Lipinski definition) is 5. The van der Waals surface area contributed by atoms with Crippen LogP contribution in [-0.2, 0) is 4.79 Å². The summed E-state index contributed by atoms with van der Waals surface area (Å²) in [5.41, 5.74) is 0. The van der Waals surface area contributed by atoms with Gasteiger partial charge in [0.15, 0.2) is 0 Å². The highest BCUT2D eigenvalue weighted by Gasteiger charge is 2.37. The van der Waals surface area contributed by atoms with Gasteiger partial charge in [-0.05, 0) is 13.8 Å². The van der Waals surface area contributed by atoms with Crippen LogP contribution in [0, 0.1) is 0 Å². The monoisotopic (exact) mass is 194 g/mol. The molecule has 0 aliphatic carbocycles. The summed E-state index contributed by atoms with van der Waals surface area (Å²) >= 11 is 0. The van der Waals surface area contributed by atoms with Gasteiger partial charge >= 0.3 is 5.97 Å². The van der Waals surface area contributed by atoms with Crippen LogP contribution in [0.25, 0.3) is 0 Å². The Labute approximate surface area is 75.4 Å². The summed E-state index contributed by atoms with van der Waals surface area (Å²) in [5.74, 6) is -5.88. The van der Waals surface area contributed by atoms with Gasteiger partial charge in [0, 0.05) is 6.08 Å². The van der Waals surface area contributed by atoms with Crippen molar-refractivity contribution in [3.8, 4) is 0 Å². The highest BCUT2D eigenvalue weighted by molar-refractivity contribution is 5.78. The molecule has 13 heavy (non-hydrogen) atoms. The Morgan fingerprint density at radius 1 is 1.15 bits per heavy atom. The van der Waals surface area contributed by atoms with E-state index in [4.69, 9.17) is 25.5 Å². The molecule has 0 aromatic heterocycles. The molecule has 0 saturated heterocycles. The lowest BCUT2D eigenvalue weighted by molar-refractivity contribution is -0.339. The van der Waals surface area contributed by atoms with E-state index in [2.05, 4.69) is 6.58 Å². The maximum Gasteiger partial charge on any atom is 0.327 e. The van der Waals surface area contributed by atoms with E-state index in [0.717, 1.165) is 19.9 Å². The minimum atomic E-state index is -2.45. The average Bonchev–Trinajstić information content (AvgIpc) is 1.84. The second-order valence-electron chi connectivity index (χ2n) is 2.58. The molecule has 0 unspecified atom stereocenters. The topological polar surface area (TPSA) is 118 Å². The Morgan fingerprint density at radius 3 is 1.31 bits per heavy atom. The summed E-state index contributed by atoms with van der Waals surface area (Å²) in [6, 6.07) is 0. The molecule has 0 spiro atoms. The average molecular weight is 194 g/mol. The molecular weight excluding hydrogens is 180 g/mol. The van der Waals surface area contributed by atoms with E-state index in [9.17, 15) is 4.79 Å². The Morgan fingerprint density at radius 2 is 1.31 bits per heavy atom. The van der Waals surface area contributed by atoms with Gasteiger partial charge in [-0.1, -0.05) is 6.58 Å². The van der Waals surface area contributed by atoms with E-state index in [-0.39, 0.29) is 0 Å². The molecule has 0 aliphatic heterocycles. The molecule has 5 N–H and O–H groups in total. The summed E-state index contributed by atoms with van der Waals surface area (Å²) in [7, 11) is 0. The predicted molar refractivity (Wildman–Crippen MR) is 43.5 cm³/mol. The number of carbonyl (C=O) groups is 1. The fraction of sp³-hybridized carbons (Fsp3) is 0.571. The lowest BCUT2D eigenvalue weighted by Crippen LogP contribution is -2.49. The molecule has 0 amide bonds. The quantitative estimate of drug-likeness (QED) is 0.274. The van der Waals surface area contributed by atoms with Gasteiger partial charge in [0.05, 0.1) is 0 Å². The van der Waals surface area contributed by atoms with Gasteiger partial charge in [-0.2, -0.15) is 0 Å². The van der Waals surface area contributed by atoms with Crippen molar-refractivity contribution in [2.24, 2.45) is 0 Å². The highest BCUT2D eigenvalue weighted by atomic mass is 16.6. The Bertz CT molecular complexity index is 160. The fourth-order valence-electron chi connectivity index (χ4n) is 0. The van der Waals surface area contributed by atoms with Crippen LogP contribution in [0.5, 0.6) is 0 Å². The minimum absolute atomic E-state index is 0.833. The molecule has 6 nitrogen and oxygen atoms in total. The van der Waals surface area contributed by atoms with E-state index in [1.165, 1.54) is 0 Å².